The molecule has 7 heteroatoms. The summed E-state index contributed by atoms with van der Waals surface area (Å²) < 4.78 is 12.4. The molecule has 0 bridgehead atoms. The molecule has 122 valence electrons. The number of rotatable bonds is 6. The van der Waals surface area contributed by atoms with Crippen LogP contribution in [-0.4, -0.2) is 24.2 Å². The first kappa shape index (κ1) is 17.8. The van der Waals surface area contributed by atoms with Crippen LogP contribution in [0, 0.1) is 0 Å². The lowest BCUT2D eigenvalue weighted by atomic mass is 10.1. The summed E-state index contributed by atoms with van der Waals surface area (Å²) in [5.74, 6) is 0.967. The number of carbonyl (C=O) groups is 1. The summed E-state index contributed by atoms with van der Waals surface area (Å²) in [4.78, 5) is 10.9. The maximum Gasteiger partial charge on any atom is 0.320 e. The van der Waals surface area contributed by atoms with Crippen LogP contribution in [0.25, 0.3) is 0 Å². The molecule has 0 aliphatic carbocycles. The molecule has 0 aliphatic heterocycles. The van der Waals surface area contributed by atoms with Crippen LogP contribution in [0.5, 0.6) is 17.2 Å². The van der Waals surface area contributed by atoms with Crippen LogP contribution in [0.15, 0.2) is 45.3 Å². The van der Waals surface area contributed by atoms with Gasteiger partial charge < -0.3 is 20.3 Å². The lowest BCUT2D eigenvalue weighted by Crippen LogP contribution is -2.32. The highest BCUT2D eigenvalue weighted by Gasteiger charge is 2.16. The number of carboxylic acid groups (broad SMARTS) is 1. The highest BCUT2D eigenvalue weighted by molar-refractivity contribution is 9.11. The molecule has 5 nitrogen and oxygen atoms in total. The van der Waals surface area contributed by atoms with Crippen LogP contribution in [0.3, 0.4) is 0 Å². The zero-order valence-corrected chi connectivity index (χ0v) is 15.4. The van der Waals surface area contributed by atoms with Gasteiger partial charge in [-0.3, -0.25) is 4.79 Å². The van der Waals surface area contributed by atoms with Crippen molar-refractivity contribution in [2.45, 2.75) is 12.5 Å². The summed E-state index contributed by atoms with van der Waals surface area (Å²) in [7, 11) is 1.60. The van der Waals surface area contributed by atoms with Crippen molar-refractivity contribution in [2.24, 2.45) is 5.73 Å². The standard InChI is InChI=1S/C16H15Br2NO4/c1-22-10-2-4-11(5-3-10)23-15-12(17)6-9(7-13(15)18)8-14(19)16(20)21/h2-7,14H,8,19H2,1H3,(H,20,21)/t14-/m0/s1. The van der Waals surface area contributed by atoms with Crippen LogP contribution in [-0.2, 0) is 11.2 Å². The highest BCUT2D eigenvalue weighted by atomic mass is 79.9. The number of benzene rings is 2. The van der Waals surface area contributed by atoms with Crippen molar-refractivity contribution in [3.05, 3.63) is 50.9 Å². The molecule has 0 spiro atoms. The molecule has 0 heterocycles. The minimum Gasteiger partial charge on any atom is -0.497 e. The third-order valence-electron chi connectivity index (χ3n) is 3.11. The Morgan fingerprint density at radius 3 is 2.17 bits per heavy atom. The van der Waals surface area contributed by atoms with Gasteiger partial charge in [-0.2, -0.15) is 0 Å². The van der Waals surface area contributed by atoms with Gasteiger partial charge in [0.25, 0.3) is 0 Å². The van der Waals surface area contributed by atoms with Crippen LogP contribution in [0.4, 0.5) is 0 Å². The quantitative estimate of drug-likeness (QED) is 0.704. The smallest absolute Gasteiger partial charge is 0.320 e. The molecular formula is C16H15Br2NO4. The van der Waals surface area contributed by atoms with E-state index < -0.39 is 12.0 Å². The van der Waals surface area contributed by atoms with Crippen molar-refractivity contribution in [2.75, 3.05) is 7.11 Å². The molecule has 1 atom stereocenters. The number of aliphatic carboxylic acids is 1. The molecule has 0 aliphatic rings. The third-order valence-corrected chi connectivity index (χ3v) is 4.29. The summed E-state index contributed by atoms with van der Waals surface area (Å²) in [5.41, 5.74) is 6.36. The van der Waals surface area contributed by atoms with Gasteiger partial charge >= 0.3 is 5.97 Å². The van der Waals surface area contributed by atoms with Gasteiger partial charge in [-0.15, -0.1) is 0 Å². The maximum absolute atomic E-state index is 10.9. The molecule has 0 saturated heterocycles. The van der Waals surface area contributed by atoms with Crippen molar-refractivity contribution < 1.29 is 19.4 Å². The number of ether oxygens (including phenoxy) is 2. The fourth-order valence-electron chi connectivity index (χ4n) is 1.93. The fraction of sp³-hybridized carbons (Fsp3) is 0.188. The molecule has 0 aromatic heterocycles. The second kappa shape index (κ2) is 7.81. The topological polar surface area (TPSA) is 81.8 Å². The van der Waals surface area contributed by atoms with E-state index in [9.17, 15) is 4.79 Å². The zero-order chi connectivity index (χ0) is 17.0. The summed E-state index contributed by atoms with van der Waals surface area (Å²) >= 11 is 6.89. The highest BCUT2D eigenvalue weighted by Crippen LogP contribution is 2.38. The predicted octanol–water partition coefficient (Wildman–Crippen LogP) is 3.97. The first-order valence-corrected chi connectivity index (χ1v) is 8.27. The second-order valence-corrected chi connectivity index (χ2v) is 6.52. The summed E-state index contributed by atoms with van der Waals surface area (Å²) in [6, 6.07) is 9.85. The fourth-order valence-corrected chi connectivity index (χ4v) is 3.37. The number of carboxylic acids is 1. The minimum atomic E-state index is -1.03. The van der Waals surface area contributed by atoms with E-state index in [-0.39, 0.29) is 6.42 Å². The van der Waals surface area contributed by atoms with Crippen molar-refractivity contribution in [1.29, 1.82) is 0 Å². The Morgan fingerprint density at radius 1 is 1.17 bits per heavy atom. The normalized spacial score (nSPS) is 11.8. The van der Waals surface area contributed by atoms with E-state index in [1.807, 2.05) is 0 Å². The molecule has 2 aromatic rings. The Hall–Kier alpha value is -1.57. The van der Waals surface area contributed by atoms with Crippen LogP contribution in [0.2, 0.25) is 0 Å². The molecule has 2 aromatic carbocycles. The SMILES string of the molecule is COc1ccc(Oc2c(Br)cc(C[C@H](N)C(=O)O)cc2Br)cc1. The first-order valence-electron chi connectivity index (χ1n) is 6.69. The minimum absolute atomic E-state index is 0.231. The molecule has 3 N–H and O–H groups in total. The van der Waals surface area contributed by atoms with E-state index in [2.05, 4.69) is 31.9 Å². The summed E-state index contributed by atoms with van der Waals surface area (Å²) in [6.07, 6.45) is 0.231. The van der Waals surface area contributed by atoms with Crippen LogP contribution >= 0.6 is 31.9 Å². The summed E-state index contributed by atoms with van der Waals surface area (Å²) in [6.45, 7) is 0. The molecule has 2 rings (SSSR count). The van der Waals surface area contributed by atoms with Gasteiger partial charge in [0.2, 0.25) is 0 Å². The van der Waals surface area contributed by atoms with Gasteiger partial charge in [0.15, 0.2) is 5.75 Å². The molecular weight excluding hydrogens is 430 g/mol. The van der Waals surface area contributed by atoms with Crippen molar-refractivity contribution in [3.8, 4) is 17.2 Å². The van der Waals surface area contributed by atoms with E-state index in [1.165, 1.54) is 0 Å². The van der Waals surface area contributed by atoms with Gasteiger partial charge in [0.1, 0.15) is 17.5 Å². The first-order chi connectivity index (χ1) is 10.9. The van der Waals surface area contributed by atoms with Gasteiger partial charge in [-0.25, -0.2) is 0 Å². The monoisotopic (exact) mass is 443 g/mol. The number of hydrogen-bond donors (Lipinski definition) is 2. The molecule has 0 radical (unpaired) electrons. The predicted molar refractivity (Wildman–Crippen MR) is 94.2 cm³/mol. The lowest BCUT2D eigenvalue weighted by molar-refractivity contribution is -0.138. The maximum atomic E-state index is 10.9. The number of methoxy groups -OCH3 is 1. The van der Waals surface area contributed by atoms with Crippen LogP contribution < -0.4 is 15.2 Å². The van der Waals surface area contributed by atoms with E-state index >= 15 is 0 Å². The van der Waals surface area contributed by atoms with Gasteiger partial charge in [0, 0.05) is 0 Å². The Labute approximate surface area is 150 Å². The van der Waals surface area contributed by atoms with Gasteiger partial charge in [0.05, 0.1) is 16.1 Å². The number of nitrogens with two attached hydrogens (primary N) is 1. The van der Waals surface area contributed by atoms with E-state index in [1.54, 1.807) is 43.5 Å². The number of halogens is 2. The molecule has 0 amide bonds. The lowest BCUT2D eigenvalue weighted by Gasteiger charge is -2.13. The second-order valence-electron chi connectivity index (χ2n) is 4.82. The molecule has 0 unspecified atom stereocenters. The van der Waals surface area contributed by atoms with Crippen molar-refractivity contribution in [1.82, 2.24) is 0 Å². The van der Waals surface area contributed by atoms with E-state index in [4.69, 9.17) is 20.3 Å². The Balaban J connectivity index is 2.20. The molecule has 0 saturated carbocycles. The Morgan fingerprint density at radius 2 is 1.70 bits per heavy atom. The van der Waals surface area contributed by atoms with Gasteiger partial charge in [-0.05, 0) is 80.2 Å². The average Bonchev–Trinajstić information content (AvgIpc) is 2.51. The zero-order valence-electron chi connectivity index (χ0n) is 12.3. The Bertz CT molecular complexity index is 681. The largest absolute Gasteiger partial charge is 0.497 e. The molecule has 23 heavy (non-hydrogen) atoms. The molecule has 0 fully saturated rings. The van der Waals surface area contributed by atoms with Crippen molar-refractivity contribution >= 4 is 37.8 Å². The average molecular weight is 445 g/mol. The Kier molecular flexibility index (Phi) is 6.04. The third kappa shape index (κ3) is 4.70. The van der Waals surface area contributed by atoms with Crippen LogP contribution in [0.1, 0.15) is 5.56 Å². The van der Waals surface area contributed by atoms with E-state index in [0.717, 1.165) is 11.3 Å². The number of hydrogen-bond acceptors (Lipinski definition) is 4. The van der Waals surface area contributed by atoms with E-state index in [0.29, 0.717) is 20.4 Å². The van der Waals surface area contributed by atoms with Crippen molar-refractivity contribution in [3.63, 3.8) is 0 Å². The summed E-state index contributed by atoms with van der Waals surface area (Å²) in [5, 5.41) is 8.89. The van der Waals surface area contributed by atoms with Gasteiger partial charge in [-0.1, -0.05) is 0 Å².